The molecule has 0 bridgehead atoms. The highest BCUT2D eigenvalue weighted by molar-refractivity contribution is 5.81. The number of carbonyl (C=O) groups is 1. The van der Waals surface area contributed by atoms with Gasteiger partial charge >= 0.3 is 6.18 Å². The second-order valence-corrected chi connectivity index (χ2v) is 5.57. The van der Waals surface area contributed by atoms with Gasteiger partial charge in [-0.15, -0.1) is 0 Å². The van der Waals surface area contributed by atoms with E-state index in [1.807, 2.05) is 0 Å². The minimum Gasteiger partial charge on any atom is -0.376 e. The Bertz CT molecular complexity index is 588. The average Bonchev–Trinajstić information content (AvgIpc) is 3.29. The number of carbonyl (C=O) groups excluding carboxylic acids is 1. The normalized spacial score (nSPS) is 17.2. The molecule has 1 aromatic carbocycles. The molecule has 118 valence electrons. The summed E-state index contributed by atoms with van der Waals surface area (Å²) in [6.07, 6.45) is -2.55. The highest BCUT2D eigenvalue weighted by Gasteiger charge is 2.42. The number of rotatable bonds is 5. The van der Waals surface area contributed by atoms with Gasteiger partial charge in [0.25, 0.3) is 0 Å². The third-order valence-electron chi connectivity index (χ3n) is 3.69. The van der Waals surface area contributed by atoms with Gasteiger partial charge in [-0.2, -0.15) is 18.4 Å². The highest BCUT2D eigenvalue weighted by Crippen LogP contribution is 2.39. The topological polar surface area (TPSA) is 64.9 Å². The van der Waals surface area contributed by atoms with Crippen LogP contribution < -0.4 is 10.6 Å². The first kappa shape index (κ1) is 16.1. The first-order valence-electron chi connectivity index (χ1n) is 6.88. The number of alkyl halides is 3. The molecule has 1 fully saturated rings. The van der Waals surface area contributed by atoms with Gasteiger partial charge in [0.2, 0.25) is 5.91 Å². The molecule has 7 heteroatoms. The summed E-state index contributed by atoms with van der Waals surface area (Å²) in [6.45, 7) is 1.58. The number of nitrogens with one attached hydrogen (secondary N) is 2. The van der Waals surface area contributed by atoms with Gasteiger partial charge in [-0.25, -0.2) is 0 Å². The summed E-state index contributed by atoms with van der Waals surface area (Å²) in [7, 11) is 0. The van der Waals surface area contributed by atoms with E-state index >= 15 is 0 Å². The van der Waals surface area contributed by atoms with Crippen LogP contribution in [0.1, 0.15) is 25.3 Å². The molecule has 1 aromatic rings. The molecule has 4 nitrogen and oxygen atoms in total. The molecule has 1 aliphatic carbocycles. The van der Waals surface area contributed by atoms with Crippen LogP contribution in [0.15, 0.2) is 24.3 Å². The van der Waals surface area contributed by atoms with Gasteiger partial charge < -0.3 is 10.6 Å². The molecule has 0 unspecified atom stereocenters. The third-order valence-corrected chi connectivity index (χ3v) is 3.69. The molecule has 0 aromatic heterocycles. The summed E-state index contributed by atoms with van der Waals surface area (Å²) in [5.41, 5.74) is -1.21. The first-order valence-corrected chi connectivity index (χ1v) is 6.88. The zero-order valence-electron chi connectivity index (χ0n) is 12.0. The quantitative estimate of drug-likeness (QED) is 0.879. The lowest BCUT2D eigenvalue weighted by molar-refractivity contribution is -0.137. The standard InChI is InChI=1S/C15H16F3N3O/c1-14(9-19,10-2-3-10)21-13(22)8-20-12-6-4-11(5-7-12)15(16,17)18/h4-7,10,20H,2-3,8H2,1H3,(H,21,22)/t14-/m0/s1. The Hall–Kier alpha value is -2.23. The van der Waals surface area contributed by atoms with Crippen molar-refractivity contribution in [2.45, 2.75) is 31.5 Å². The molecule has 1 amide bonds. The number of nitrogens with zero attached hydrogens (tertiary/aromatic N) is 1. The molecule has 2 N–H and O–H groups in total. The summed E-state index contributed by atoms with van der Waals surface area (Å²) in [4.78, 5) is 11.8. The Balaban J connectivity index is 1.87. The lowest BCUT2D eigenvalue weighted by atomic mass is 9.98. The van der Waals surface area contributed by atoms with Crippen molar-refractivity contribution >= 4 is 11.6 Å². The highest BCUT2D eigenvalue weighted by atomic mass is 19.4. The minimum atomic E-state index is -4.38. The largest absolute Gasteiger partial charge is 0.416 e. The number of amides is 1. The van der Waals surface area contributed by atoms with E-state index in [0.717, 1.165) is 25.0 Å². The van der Waals surface area contributed by atoms with Gasteiger partial charge in [-0.1, -0.05) is 0 Å². The maximum atomic E-state index is 12.4. The fourth-order valence-electron chi connectivity index (χ4n) is 2.18. The van der Waals surface area contributed by atoms with Gasteiger partial charge in [-0.05, 0) is 49.9 Å². The SMILES string of the molecule is C[C@@](C#N)(NC(=O)CNc1ccc(C(F)(F)F)cc1)C1CC1. The fraction of sp³-hybridized carbons (Fsp3) is 0.467. The van der Waals surface area contributed by atoms with Crippen LogP contribution in [0.3, 0.4) is 0 Å². The maximum Gasteiger partial charge on any atom is 0.416 e. The van der Waals surface area contributed by atoms with Crippen LogP contribution in [0.2, 0.25) is 0 Å². The van der Waals surface area contributed by atoms with Gasteiger partial charge in [0.1, 0.15) is 5.54 Å². The van der Waals surface area contributed by atoms with E-state index in [2.05, 4.69) is 16.7 Å². The number of hydrogen-bond acceptors (Lipinski definition) is 3. The van der Waals surface area contributed by atoms with E-state index in [-0.39, 0.29) is 18.4 Å². The van der Waals surface area contributed by atoms with Crippen LogP contribution in [0.4, 0.5) is 18.9 Å². The lowest BCUT2D eigenvalue weighted by Gasteiger charge is -2.23. The van der Waals surface area contributed by atoms with Crippen LogP contribution in [0.5, 0.6) is 0 Å². The van der Waals surface area contributed by atoms with Crippen molar-refractivity contribution in [1.29, 1.82) is 5.26 Å². The van der Waals surface area contributed by atoms with E-state index in [4.69, 9.17) is 5.26 Å². The van der Waals surface area contributed by atoms with Crippen molar-refractivity contribution in [1.82, 2.24) is 5.32 Å². The van der Waals surface area contributed by atoms with Crippen molar-refractivity contribution in [2.75, 3.05) is 11.9 Å². The van der Waals surface area contributed by atoms with Crippen LogP contribution in [0, 0.1) is 17.2 Å². The van der Waals surface area contributed by atoms with E-state index in [1.54, 1.807) is 6.92 Å². The van der Waals surface area contributed by atoms with Gasteiger partial charge in [-0.3, -0.25) is 4.79 Å². The van der Waals surface area contributed by atoms with E-state index in [0.29, 0.717) is 5.69 Å². The second kappa shape index (κ2) is 5.87. The van der Waals surface area contributed by atoms with E-state index in [1.165, 1.54) is 12.1 Å². The molecule has 0 radical (unpaired) electrons. The van der Waals surface area contributed by atoms with Gasteiger partial charge in [0.15, 0.2) is 0 Å². The third kappa shape index (κ3) is 3.91. The van der Waals surface area contributed by atoms with Crippen LogP contribution in [-0.2, 0) is 11.0 Å². The van der Waals surface area contributed by atoms with Gasteiger partial charge in [0.05, 0.1) is 18.2 Å². The van der Waals surface area contributed by atoms with Crippen LogP contribution >= 0.6 is 0 Å². The van der Waals surface area contributed by atoms with Crippen molar-refractivity contribution in [3.8, 4) is 6.07 Å². The summed E-state index contributed by atoms with van der Waals surface area (Å²) in [5.74, 6) is -0.191. The molecule has 0 aliphatic heterocycles. The minimum absolute atomic E-state index is 0.102. The second-order valence-electron chi connectivity index (χ2n) is 5.57. The zero-order valence-corrected chi connectivity index (χ0v) is 12.0. The summed E-state index contributed by atoms with van der Waals surface area (Å²) < 4.78 is 37.3. The van der Waals surface area contributed by atoms with Crippen molar-refractivity contribution in [3.63, 3.8) is 0 Å². The molecule has 1 aliphatic rings. The fourth-order valence-corrected chi connectivity index (χ4v) is 2.18. The van der Waals surface area contributed by atoms with Crippen molar-refractivity contribution in [3.05, 3.63) is 29.8 Å². The van der Waals surface area contributed by atoms with E-state index in [9.17, 15) is 18.0 Å². The van der Waals surface area contributed by atoms with E-state index < -0.39 is 17.3 Å². The van der Waals surface area contributed by atoms with Crippen molar-refractivity contribution in [2.24, 2.45) is 5.92 Å². The Labute approximate surface area is 126 Å². The molecule has 0 saturated heterocycles. The molecule has 1 saturated carbocycles. The molecule has 2 rings (SSSR count). The monoisotopic (exact) mass is 311 g/mol. The molecule has 0 spiro atoms. The van der Waals surface area contributed by atoms with Gasteiger partial charge in [0, 0.05) is 5.69 Å². The smallest absolute Gasteiger partial charge is 0.376 e. The molecule has 0 heterocycles. The van der Waals surface area contributed by atoms with Crippen molar-refractivity contribution < 1.29 is 18.0 Å². The zero-order chi connectivity index (χ0) is 16.4. The summed E-state index contributed by atoms with van der Waals surface area (Å²) in [6, 6.07) is 6.53. The number of hydrogen-bond donors (Lipinski definition) is 2. The maximum absolute atomic E-state index is 12.4. The Morgan fingerprint density at radius 2 is 1.91 bits per heavy atom. The molecular weight excluding hydrogens is 295 g/mol. The average molecular weight is 311 g/mol. The number of halogens is 3. The predicted octanol–water partition coefficient (Wildman–Crippen LogP) is 2.93. The molecule has 1 atom stereocenters. The number of anilines is 1. The predicted molar refractivity (Wildman–Crippen MR) is 74.8 cm³/mol. The molecular formula is C15H16F3N3O. The summed E-state index contributed by atoms with van der Waals surface area (Å²) in [5, 5.41) is 14.6. The molecule has 22 heavy (non-hydrogen) atoms. The van der Waals surface area contributed by atoms with Crippen LogP contribution in [0.25, 0.3) is 0 Å². The Morgan fingerprint density at radius 1 is 1.32 bits per heavy atom. The Kier molecular flexibility index (Phi) is 4.31. The lowest BCUT2D eigenvalue weighted by Crippen LogP contribution is -2.48. The summed E-state index contributed by atoms with van der Waals surface area (Å²) >= 11 is 0. The van der Waals surface area contributed by atoms with Crippen LogP contribution in [-0.4, -0.2) is 18.0 Å². The Morgan fingerprint density at radius 3 is 2.36 bits per heavy atom. The first-order chi connectivity index (χ1) is 10.2. The number of benzene rings is 1. The number of nitriles is 1.